The zero-order chi connectivity index (χ0) is 26.3. The second kappa shape index (κ2) is 8.03. The second-order valence-electron chi connectivity index (χ2n) is 11.0. The van der Waals surface area contributed by atoms with Crippen molar-refractivity contribution in [2.45, 2.75) is 18.3 Å². The predicted molar refractivity (Wildman–Crippen MR) is 163 cm³/mol. The molecule has 0 saturated heterocycles. The highest BCUT2D eigenvalue weighted by molar-refractivity contribution is 5.97. The van der Waals surface area contributed by atoms with Gasteiger partial charge in [0, 0.05) is 11.1 Å². The van der Waals surface area contributed by atoms with Crippen LogP contribution in [0.25, 0.3) is 45.4 Å². The van der Waals surface area contributed by atoms with E-state index in [1.54, 1.807) is 0 Å². The lowest BCUT2D eigenvalue weighted by Crippen LogP contribution is -2.27. The van der Waals surface area contributed by atoms with E-state index in [0.717, 1.165) is 24.2 Å². The van der Waals surface area contributed by atoms with Crippen LogP contribution in [0.5, 0.6) is 0 Å². The maximum Gasteiger partial charge on any atom is 0.145 e. The number of hydrogen-bond acceptors (Lipinski definition) is 1. The number of rotatable bonds is 2. The van der Waals surface area contributed by atoms with Gasteiger partial charge in [0.2, 0.25) is 0 Å². The van der Waals surface area contributed by atoms with Crippen LogP contribution in [0.4, 0.5) is 0 Å². The molecule has 40 heavy (non-hydrogen) atoms. The van der Waals surface area contributed by atoms with Gasteiger partial charge in [-0.15, -0.1) is 0 Å². The molecule has 3 aliphatic rings. The van der Waals surface area contributed by atoms with E-state index in [-0.39, 0.29) is 0 Å². The first-order chi connectivity index (χ1) is 19.9. The average Bonchev–Trinajstić information content (AvgIpc) is 3.66. The first kappa shape index (κ1) is 21.9. The van der Waals surface area contributed by atoms with E-state index in [1.165, 1.54) is 61.6 Å². The molecule has 2 nitrogen and oxygen atoms in total. The molecule has 0 saturated carbocycles. The van der Waals surface area contributed by atoms with Gasteiger partial charge in [-0.05, 0) is 63.9 Å². The number of allylic oxidation sites excluding steroid dienone is 1. The molecule has 6 aromatic rings. The van der Waals surface area contributed by atoms with E-state index in [4.69, 9.17) is 4.98 Å². The Bertz CT molecular complexity index is 1940. The third kappa shape index (κ3) is 2.66. The highest BCUT2D eigenvalue weighted by Gasteiger charge is 2.53. The summed E-state index contributed by atoms with van der Waals surface area (Å²) < 4.78 is 2.44. The van der Waals surface area contributed by atoms with Gasteiger partial charge in [0.15, 0.2) is 0 Å². The van der Waals surface area contributed by atoms with Gasteiger partial charge < -0.3 is 0 Å². The monoisotopic (exact) mass is 510 g/mol. The Hall–Kier alpha value is -4.95. The van der Waals surface area contributed by atoms with Crippen molar-refractivity contribution in [2.24, 2.45) is 0 Å². The highest BCUT2D eigenvalue weighted by Crippen LogP contribution is 2.64. The van der Waals surface area contributed by atoms with E-state index in [1.807, 2.05) is 0 Å². The summed E-state index contributed by atoms with van der Waals surface area (Å²) in [5.41, 5.74) is 15.0. The lowest BCUT2D eigenvalue weighted by atomic mass is 9.70. The molecule has 0 fully saturated rings. The molecule has 3 aliphatic carbocycles. The molecule has 0 radical (unpaired) electrons. The third-order valence-electron chi connectivity index (χ3n) is 9.08. The largest absolute Gasteiger partial charge is 0.292 e. The van der Waals surface area contributed by atoms with Crippen LogP contribution in [-0.2, 0) is 11.8 Å². The number of aromatic nitrogens is 2. The molecule has 0 amide bonds. The number of aryl methyl sites for hydroxylation is 1. The molecule has 9 rings (SSSR count). The molecule has 188 valence electrons. The summed E-state index contributed by atoms with van der Waals surface area (Å²) in [4.78, 5) is 5.29. The average molecular weight is 511 g/mol. The van der Waals surface area contributed by atoms with Crippen molar-refractivity contribution < 1.29 is 0 Å². The van der Waals surface area contributed by atoms with Crippen molar-refractivity contribution in [3.05, 3.63) is 161 Å². The lowest BCUT2D eigenvalue weighted by molar-refractivity contribution is 0.781. The number of imidazole rings is 1. The van der Waals surface area contributed by atoms with Crippen LogP contribution in [0.15, 0.2) is 127 Å². The molecule has 2 heteroatoms. The minimum atomic E-state index is -0.404. The fourth-order valence-electron chi connectivity index (χ4n) is 7.59. The summed E-state index contributed by atoms with van der Waals surface area (Å²) in [5, 5.41) is 0. The normalized spacial score (nSPS) is 14.9. The molecule has 0 atom stereocenters. The fraction of sp³-hybridized carbons (Fsp3) is 0.0789. The first-order valence-electron chi connectivity index (χ1n) is 14.1. The SMILES string of the molecule is C1=Cc2c(nc(-c3ccccc3)n2-c2cccc3c2C2(c4ccccc4-c4ccccc42)c2ccccc2-3)CC1. The van der Waals surface area contributed by atoms with E-state index >= 15 is 0 Å². The Morgan fingerprint density at radius 1 is 0.575 bits per heavy atom. The smallest absolute Gasteiger partial charge is 0.145 e. The minimum absolute atomic E-state index is 0.404. The molecule has 1 aromatic heterocycles. The summed E-state index contributed by atoms with van der Waals surface area (Å²) >= 11 is 0. The molecular weight excluding hydrogens is 484 g/mol. The van der Waals surface area contributed by atoms with Crippen molar-refractivity contribution in [3.8, 4) is 39.3 Å². The number of fused-ring (bicyclic) bond motifs is 11. The van der Waals surface area contributed by atoms with Gasteiger partial charge in [-0.1, -0.05) is 121 Å². The lowest BCUT2D eigenvalue weighted by Gasteiger charge is -2.32. The molecular formula is C38H26N2. The number of hydrogen-bond donors (Lipinski definition) is 0. The van der Waals surface area contributed by atoms with Crippen LogP contribution in [0.1, 0.15) is 40.1 Å². The van der Waals surface area contributed by atoms with Crippen LogP contribution in [-0.4, -0.2) is 9.55 Å². The van der Waals surface area contributed by atoms with Crippen LogP contribution >= 0.6 is 0 Å². The van der Waals surface area contributed by atoms with Crippen molar-refractivity contribution in [3.63, 3.8) is 0 Å². The molecule has 0 N–H and O–H groups in total. The highest BCUT2D eigenvalue weighted by atomic mass is 15.1. The first-order valence-corrected chi connectivity index (χ1v) is 14.1. The quantitative estimate of drug-likeness (QED) is 0.227. The second-order valence-corrected chi connectivity index (χ2v) is 11.0. The molecule has 0 bridgehead atoms. The minimum Gasteiger partial charge on any atom is -0.292 e. The van der Waals surface area contributed by atoms with Crippen molar-refractivity contribution in [2.75, 3.05) is 0 Å². The maximum atomic E-state index is 5.29. The third-order valence-corrected chi connectivity index (χ3v) is 9.08. The van der Waals surface area contributed by atoms with Crippen LogP contribution in [0, 0.1) is 0 Å². The summed E-state index contributed by atoms with van der Waals surface area (Å²) in [6, 6.07) is 44.6. The number of benzene rings is 5. The van der Waals surface area contributed by atoms with Crippen LogP contribution < -0.4 is 0 Å². The predicted octanol–water partition coefficient (Wildman–Crippen LogP) is 8.84. The molecule has 0 aliphatic heterocycles. The zero-order valence-electron chi connectivity index (χ0n) is 22.0. The van der Waals surface area contributed by atoms with E-state index < -0.39 is 5.41 Å². The Morgan fingerprint density at radius 3 is 1.82 bits per heavy atom. The zero-order valence-corrected chi connectivity index (χ0v) is 22.0. The van der Waals surface area contributed by atoms with Crippen molar-refractivity contribution in [1.29, 1.82) is 0 Å². The topological polar surface area (TPSA) is 17.8 Å². The Kier molecular flexibility index (Phi) is 4.40. The van der Waals surface area contributed by atoms with Gasteiger partial charge in [-0.25, -0.2) is 4.98 Å². The van der Waals surface area contributed by atoms with Gasteiger partial charge in [-0.2, -0.15) is 0 Å². The van der Waals surface area contributed by atoms with Gasteiger partial charge in [0.1, 0.15) is 5.82 Å². The Balaban J connectivity index is 1.46. The van der Waals surface area contributed by atoms with Gasteiger partial charge in [0.25, 0.3) is 0 Å². The standard InChI is InChI=1S/C38H26N2/c1-2-13-25(14-3-1)37-39-33-22-10-11-23-34(33)40(37)35-24-12-18-29-28-17-6-9-21-32(28)38(36(29)35)30-19-7-4-15-26(30)27-16-5-8-20-31(27)38/h1-9,11-21,23-24H,10,22H2. The molecule has 1 spiro atoms. The molecule has 5 aromatic carbocycles. The Labute approximate surface area is 233 Å². The fourth-order valence-corrected chi connectivity index (χ4v) is 7.59. The van der Waals surface area contributed by atoms with Crippen molar-refractivity contribution in [1.82, 2.24) is 9.55 Å². The van der Waals surface area contributed by atoms with E-state index in [9.17, 15) is 0 Å². The summed E-state index contributed by atoms with van der Waals surface area (Å²) in [6.45, 7) is 0. The number of nitrogens with zero attached hydrogens (tertiary/aromatic N) is 2. The molecule has 0 unspecified atom stereocenters. The van der Waals surface area contributed by atoms with Gasteiger partial charge in [-0.3, -0.25) is 4.57 Å². The Morgan fingerprint density at radius 2 is 1.15 bits per heavy atom. The van der Waals surface area contributed by atoms with E-state index in [0.29, 0.717) is 0 Å². The summed E-state index contributed by atoms with van der Waals surface area (Å²) in [7, 11) is 0. The maximum absolute atomic E-state index is 5.29. The summed E-state index contributed by atoms with van der Waals surface area (Å²) in [5.74, 6) is 1.01. The van der Waals surface area contributed by atoms with E-state index in [2.05, 4.69) is 138 Å². The van der Waals surface area contributed by atoms with Gasteiger partial charge >= 0.3 is 0 Å². The summed E-state index contributed by atoms with van der Waals surface area (Å²) in [6.07, 6.45) is 6.57. The van der Waals surface area contributed by atoms with Crippen LogP contribution in [0.3, 0.4) is 0 Å². The van der Waals surface area contributed by atoms with Crippen molar-refractivity contribution >= 4 is 6.08 Å². The van der Waals surface area contributed by atoms with Gasteiger partial charge in [0.05, 0.1) is 22.5 Å². The molecule has 1 heterocycles. The van der Waals surface area contributed by atoms with Crippen LogP contribution in [0.2, 0.25) is 0 Å².